The first-order valence-corrected chi connectivity index (χ1v) is 7.91. The van der Waals surface area contributed by atoms with E-state index in [4.69, 9.17) is 0 Å². The zero-order chi connectivity index (χ0) is 17.0. The zero-order valence-corrected chi connectivity index (χ0v) is 13.7. The van der Waals surface area contributed by atoms with Crippen molar-refractivity contribution >= 4 is 23.7 Å². The van der Waals surface area contributed by atoms with Gasteiger partial charge >= 0.3 is 6.03 Å². The molecule has 3 N–H and O–H groups in total. The van der Waals surface area contributed by atoms with Crippen LogP contribution in [0, 0.1) is 6.92 Å². The number of nitrogens with one attached hydrogen (secondary N) is 3. The van der Waals surface area contributed by atoms with Gasteiger partial charge in [0.05, 0.1) is 12.2 Å². The number of urea groups is 1. The van der Waals surface area contributed by atoms with Gasteiger partial charge < -0.3 is 10.6 Å². The van der Waals surface area contributed by atoms with E-state index in [9.17, 15) is 14.4 Å². The average molecular weight is 321 g/mol. The van der Waals surface area contributed by atoms with Crippen LogP contribution in [0.25, 0.3) is 0 Å². The van der Waals surface area contributed by atoms with Gasteiger partial charge in [-0.15, -0.1) is 0 Å². The van der Waals surface area contributed by atoms with Gasteiger partial charge in [-0.05, 0) is 26.2 Å². The van der Waals surface area contributed by atoms with Gasteiger partial charge in [-0.1, -0.05) is 13.8 Å². The van der Waals surface area contributed by atoms with E-state index in [0.717, 1.165) is 18.4 Å². The Morgan fingerprint density at radius 3 is 2.65 bits per heavy atom. The Balaban J connectivity index is 1.96. The first kappa shape index (κ1) is 17.0. The van der Waals surface area contributed by atoms with Crippen molar-refractivity contribution in [3.63, 3.8) is 0 Å². The molecule has 1 aliphatic rings. The quantitative estimate of drug-likeness (QED) is 0.661. The Bertz CT molecular complexity index is 606. The van der Waals surface area contributed by atoms with Gasteiger partial charge in [0.15, 0.2) is 0 Å². The Hall–Kier alpha value is -2.38. The molecule has 2 rings (SSSR count). The highest BCUT2D eigenvalue weighted by Crippen LogP contribution is 2.23. The van der Waals surface area contributed by atoms with Crippen LogP contribution in [0.15, 0.2) is 6.20 Å². The number of carbonyl (C=O) groups is 3. The maximum atomic E-state index is 12.2. The van der Waals surface area contributed by atoms with Crippen molar-refractivity contribution in [2.24, 2.45) is 0 Å². The Morgan fingerprint density at radius 2 is 2.09 bits per heavy atom. The first-order chi connectivity index (χ1) is 11.0. The summed E-state index contributed by atoms with van der Waals surface area (Å²) in [5.41, 5.74) is 0.900. The van der Waals surface area contributed by atoms with E-state index in [1.165, 1.54) is 0 Å². The standard InChI is InChI=1S/C15H23N5O3/c1-4-10(5-2)20-13(9(3)8-16-20)18-12(21)7-6-11-14(22)19-15(23)17-11/h8,10-11H,4-7H2,1-3H3,(H,18,21)(H2,17,19,22,23). The molecule has 1 atom stereocenters. The fourth-order valence-electron chi connectivity index (χ4n) is 2.65. The summed E-state index contributed by atoms with van der Waals surface area (Å²) in [5.74, 6) is 0.111. The van der Waals surface area contributed by atoms with E-state index in [1.54, 1.807) is 6.20 Å². The monoisotopic (exact) mass is 321 g/mol. The van der Waals surface area contributed by atoms with Crippen LogP contribution < -0.4 is 16.0 Å². The molecule has 8 nitrogen and oxygen atoms in total. The third-order valence-corrected chi connectivity index (χ3v) is 4.04. The number of nitrogens with zero attached hydrogens (tertiary/aromatic N) is 2. The molecule has 0 bridgehead atoms. The van der Waals surface area contributed by atoms with Gasteiger partial charge in [0.1, 0.15) is 11.9 Å². The van der Waals surface area contributed by atoms with Crippen LogP contribution in [-0.4, -0.2) is 33.7 Å². The van der Waals surface area contributed by atoms with Gasteiger partial charge in [0.2, 0.25) is 5.91 Å². The smallest absolute Gasteiger partial charge is 0.322 e. The van der Waals surface area contributed by atoms with Crippen molar-refractivity contribution in [3.05, 3.63) is 11.8 Å². The van der Waals surface area contributed by atoms with E-state index in [2.05, 4.69) is 34.9 Å². The number of rotatable bonds is 7. The van der Waals surface area contributed by atoms with Crippen molar-refractivity contribution in [2.45, 2.75) is 58.5 Å². The second-order valence-electron chi connectivity index (χ2n) is 5.69. The molecule has 0 aromatic carbocycles. The summed E-state index contributed by atoms with van der Waals surface area (Å²) in [4.78, 5) is 34.7. The van der Waals surface area contributed by atoms with Crippen LogP contribution in [0.3, 0.4) is 0 Å². The van der Waals surface area contributed by atoms with E-state index in [0.29, 0.717) is 5.82 Å². The number of amides is 4. The summed E-state index contributed by atoms with van der Waals surface area (Å²) in [6.07, 6.45) is 4.00. The summed E-state index contributed by atoms with van der Waals surface area (Å²) >= 11 is 0. The summed E-state index contributed by atoms with van der Waals surface area (Å²) in [5, 5.41) is 11.9. The second kappa shape index (κ2) is 7.26. The number of aryl methyl sites for hydroxylation is 1. The van der Waals surface area contributed by atoms with E-state index in [1.807, 2.05) is 11.6 Å². The molecule has 0 radical (unpaired) electrons. The third kappa shape index (κ3) is 3.88. The number of hydrogen-bond acceptors (Lipinski definition) is 4. The summed E-state index contributed by atoms with van der Waals surface area (Å²) < 4.78 is 1.84. The van der Waals surface area contributed by atoms with Crippen LogP contribution >= 0.6 is 0 Å². The van der Waals surface area contributed by atoms with Crippen LogP contribution in [0.4, 0.5) is 10.6 Å². The maximum absolute atomic E-state index is 12.2. The molecule has 1 unspecified atom stereocenters. The second-order valence-corrected chi connectivity index (χ2v) is 5.69. The molecule has 1 aromatic heterocycles. The zero-order valence-electron chi connectivity index (χ0n) is 13.7. The lowest BCUT2D eigenvalue weighted by Crippen LogP contribution is -2.30. The summed E-state index contributed by atoms with van der Waals surface area (Å²) in [6, 6.07) is -0.916. The molecule has 1 aromatic rings. The van der Waals surface area contributed by atoms with Crippen LogP contribution in [0.5, 0.6) is 0 Å². The average Bonchev–Trinajstić information content (AvgIpc) is 3.02. The molecule has 23 heavy (non-hydrogen) atoms. The lowest BCUT2D eigenvalue weighted by molar-refractivity contribution is -0.120. The Morgan fingerprint density at radius 1 is 1.39 bits per heavy atom. The van der Waals surface area contributed by atoms with Crippen molar-refractivity contribution < 1.29 is 14.4 Å². The topological polar surface area (TPSA) is 105 Å². The van der Waals surface area contributed by atoms with E-state index in [-0.39, 0.29) is 30.7 Å². The minimum absolute atomic E-state index is 0.145. The number of imide groups is 1. The molecular weight excluding hydrogens is 298 g/mol. The highest BCUT2D eigenvalue weighted by molar-refractivity contribution is 6.04. The molecule has 1 fully saturated rings. The normalized spacial score (nSPS) is 17.3. The number of carbonyl (C=O) groups excluding carboxylic acids is 3. The van der Waals surface area contributed by atoms with Gasteiger partial charge in [-0.3, -0.25) is 14.9 Å². The molecule has 0 aliphatic carbocycles. The van der Waals surface area contributed by atoms with Gasteiger partial charge in [0.25, 0.3) is 5.91 Å². The Kier molecular flexibility index (Phi) is 5.36. The number of hydrogen-bond donors (Lipinski definition) is 3. The molecular formula is C15H23N5O3. The summed E-state index contributed by atoms with van der Waals surface area (Å²) in [7, 11) is 0. The van der Waals surface area contributed by atoms with Crippen molar-refractivity contribution in [3.8, 4) is 0 Å². The molecule has 126 valence electrons. The fraction of sp³-hybridized carbons (Fsp3) is 0.600. The minimum Gasteiger partial charge on any atom is -0.326 e. The SMILES string of the molecule is CCC(CC)n1ncc(C)c1NC(=O)CCC1NC(=O)NC1=O. The van der Waals surface area contributed by atoms with Gasteiger partial charge in [0, 0.05) is 12.0 Å². The van der Waals surface area contributed by atoms with Crippen LogP contribution in [0.2, 0.25) is 0 Å². The molecule has 1 aliphatic heterocycles. The van der Waals surface area contributed by atoms with Crippen molar-refractivity contribution in [1.29, 1.82) is 0 Å². The van der Waals surface area contributed by atoms with Crippen molar-refractivity contribution in [2.75, 3.05) is 5.32 Å². The maximum Gasteiger partial charge on any atom is 0.322 e. The van der Waals surface area contributed by atoms with Gasteiger partial charge in [-0.2, -0.15) is 5.10 Å². The number of anilines is 1. The lowest BCUT2D eigenvalue weighted by atomic mass is 10.1. The van der Waals surface area contributed by atoms with Crippen molar-refractivity contribution in [1.82, 2.24) is 20.4 Å². The van der Waals surface area contributed by atoms with E-state index >= 15 is 0 Å². The van der Waals surface area contributed by atoms with Gasteiger partial charge in [-0.25, -0.2) is 9.48 Å². The molecule has 1 saturated heterocycles. The van der Waals surface area contributed by atoms with E-state index < -0.39 is 12.1 Å². The number of aromatic nitrogens is 2. The predicted molar refractivity (Wildman–Crippen MR) is 84.9 cm³/mol. The Labute approximate surface area is 135 Å². The van der Waals surface area contributed by atoms with Crippen LogP contribution in [-0.2, 0) is 9.59 Å². The molecule has 0 spiro atoms. The molecule has 2 heterocycles. The first-order valence-electron chi connectivity index (χ1n) is 7.91. The minimum atomic E-state index is -0.640. The largest absolute Gasteiger partial charge is 0.326 e. The predicted octanol–water partition coefficient (Wildman–Crippen LogP) is 1.48. The van der Waals surface area contributed by atoms with Crippen LogP contribution in [0.1, 0.15) is 51.1 Å². The summed E-state index contributed by atoms with van der Waals surface area (Å²) in [6.45, 7) is 6.06. The highest BCUT2D eigenvalue weighted by atomic mass is 16.2. The third-order valence-electron chi connectivity index (χ3n) is 4.04. The lowest BCUT2D eigenvalue weighted by Gasteiger charge is -2.18. The molecule has 8 heteroatoms. The highest BCUT2D eigenvalue weighted by Gasteiger charge is 2.29. The molecule has 4 amide bonds. The fourth-order valence-corrected chi connectivity index (χ4v) is 2.65. The molecule has 0 saturated carbocycles.